The molecule has 3 rings (SSSR count). The van der Waals surface area contributed by atoms with Gasteiger partial charge in [-0.1, -0.05) is 0 Å². The van der Waals surface area contributed by atoms with E-state index in [1.54, 1.807) is 52.5 Å². The van der Waals surface area contributed by atoms with Crippen molar-refractivity contribution in [1.82, 2.24) is 4.57 Å². The van der Waals surface area contributed by atoms with E-state index in [2.05, 4.69) is 5.32 Å². The van der Waals surface area contributed by atoms with E-state index < -0.39 is 0 Å². The standard InChI is InChI=1S/C26H30N2O6/c1-6-34-26(30)21-16-23(18-7-9-19(31-3)10-8-18)28(17(21)2)14-13-25(29)27-22-15-20(32-4)11-12-24(22)33-5/h7-12,15-16H,6,13-14H2,1-5H3,(H,27,29). The van der Waals surface area contributed by atoms with Gasteiger partial charge in [0.05, 0.1) is 39.2 Å². The summed E-state index contributed by atoms with van der Waals surface area (Å²) in [6.45, 7) is 4.27. The molecule has 3 aromatic rings. The number of anilines is 1. The van der Waals surface area contributed by atoms with Gasteiger partial charge >= 0.3 is 5.97 Å². The average Bonchev–Trinajstić information content (AvgIpc) is 3.19. The highest BCUT2D eigenvalue weighted by molar-refractivity contribution is 5.94. The van der Waals surface area contributed by atoms with Gasteiger partial charge in [0.25, 0.3) is 0 Å². The third-order valence-electron chi connectivity index (χ3n) is 5.49. The fourth-order valence-corrected chi connectivity index (χ4v) is 3.69. The average molecular weight is 467 g/mol. The Morgan fingerprint density at radius 1 is 0.912 bits per heavy atom. The van der Waals surface area contributed by atoms with E-state index >= 15 is 0 Å². The molecule has 8 heteroatoms. The van der Waals surface area contributed by atoms with Crippen molar-refractivity contribution in [3.63, 3.8) is 0 Å². The Hall–Kier alpha value is -3.94. The number of carbonyl (C=O) groups is 2. The minimum atomic E-state index is -0.390. The lowest BCUT2D eigenvalue weighted by Crippen LogP contribution is -2.16. The summed E-state index contributed by atoms with van der Waals surface area (Å²) in [6.07, 6.45) is 0.182. The minimum absolute atomic E-state index is 0.182. The van der Waals surface area contributed by atoms with E-state index in [0.717, 1.165) is 22.7 Å². The maximum atomic E-state index is 12.8. The van der Waals surface area contributed by atoms with E-state index in [1.165, 1.54) is 0 Å². The lowest BCUT2D eigenvalue weighted by molar-refractivity contribution is -0.116. The van der Waals surface area contributed by atoms with Gasteiger partial charge in [-0.3, -0.25) is 4.79 Å². The first-order valence-electron chi connectivity index (χ1n) is 10.9. The molecule has 34 heavy (non-hydrogen) atoms. The molecule has 1 N–H and O–H groups in total. The van der Waals surface area contributed by atoms with Crippen molar-refractivity contribution in [1.29, 1.82) is 0 Å². The lowest BCUT2D eigenvalue weighted by atomic mass is 10.1. The number of hydrogen-bond acceptors (Lipinski definition) is 6. The van der Waals surface area contributed by atoms with Crippen LogP contribution in [-0.2, 0) is 16.1 Å². The zero-order chi connectivity index (χ0) is 24.7. The van der Waals surface area contributed by atoms with Crippen LogP contribution in [0.3, 0.4) is 0 Å². The number of nitrogens with one attached hydrogen (secondary N) is 1. The molecule has 0 bridgehead atoms. The van der Waals surface area contributed by atoms with Gasteiger partial charge in [0.2, 0.25) is 5.91 Å². The van der Waals surface area contributed by atoms with E-state index in [9.17, 15) is 9.59 Å². The molecule has 0 saturated heterocycles. The molecule has 1 heterocycles. The Morgan fingerprint density at radius 2 is 1.59 bits per heavy atom. The molecular weight excluding hydrogens is 436 g/mol. The summed E-state index contributed by atoms with van der Waals surface area (Å²) in [5.41, 5.74) is 3.45. The van der Waals surface area contributed by atoms with E-state index in [-0.39, 0.29) is 24.9 Å². The smallest absolute Gasteiger partial charge is 0.339 e. The third-order valence-corrected chi connectivity index (χ3v) is 5.49. The van der Waals surface area contributed by atoms with Crippen molar-refractivity contribution in [3.8, 4) is 28.5 Å². The molecule has 0 aliphatic heterocycles. The van der Waals surface area contributed by atoms with Gasteiger partial charge in [0.1, 0.15) is 17.2 Å². The number of nitrogens with zero attached hydrogens (tertiary/aromatic N) is 1. The number of aromatic nitrogens is 1. The van der Waals surface area contributed by atoms with E-state index in [1.807, 2.05) is 35.8 Å². The zero-order valence-electron chi connectivity index (χ0n) is 20.1. The van der Waals surface area contributed by atoms with Gasteiger partial charge in [-0.25, -0.2) is 4.79 Å². The Bertz CT molecular complexity index is 1150. The maximum Gasteiger partial charge on any atom is 0.339 e. The fourth-order valence-electron chi connectivity index (χ4n) is 3.69. The second kappa shape index (κ2) is 11.3. The Labute approximate surface area is 199 Å². The van der Waals surface area contributed by atoms with E-state index in [4.69, 9.17) is 18.9 Å². The Balaban J connectivity index is 1.86. The fraction of sp³-hybridized carbons (Fsp3) is 0.308. The number of hydrogen-bond donors (Lipinski definition) is 1. The number of benzene rings is 2. The molecule has 8 nitrogen and oxygen atoms in total. The van der Waals surface area contributed by atoms with Crippen molar-refractivity contribution in [3.05, 3.63) is 59.8 Å². The first-order valence-corrected chi connectivity index (χ1v) is 10.9. The van der Waals surface area contributed by atoms with E-state index in [0.29, 0.717) is 29.3 Å². The number of methoxy groups -OCH3 is 3. The molecule has 0 fully saturated rings. The quantitative estimate of drug-likeness (QED) is 0.436. The Kier molecular flexibility index (Phi) is 8.19. The number of ether oxygens (including phenoxy) is 4. The van der Waals surface area contributed by atoms with Crippen LogP contribution in [0.25, 0.3) is 11.3 Å². The molecule has 0 spiro atoms. The van der Waals surface area contributed by atoms with Gasteiger partial charge in [-0.15, -0.1) is 0 Å². The summed E-state index contributed by atoms with van der Waals surface area (Å²) < 4.78 is 23.0. The van der Waals surface area contributed by atoms with Crippen molar-refractivity contribution in [2.45, 2.75) is 26.8 Å². The maximum absolute atomic E-state index is 12.8. The van der Waals surface area contributed by atoms with Gasteiger partial charge in [-0.05, 0) is 61.9 Å². The lowest BCUT2D eigenvalue weighted by Gasteiger charge is -2.14. The highest BCUT2D eigenvalue weighted by Gasteiger charge is 2.20. The molecule has 0 aliphatic carbocycles. The van der Waals surface area contributed by atoms with Crippen LogP contribution < -0.4 is 19.5 Å². The van der Waals surface area contributed by atoms with Gasteiger partial charge in [0.15, 0.2) is 0 Å². The molecule has 0 unspecified atom stereocenters. The van der Waals surface area contributed by atoms with Crippen LogP contribution in [0, 0.1) is 6.92 Å². The number of carbonyl (C=O) groups excluding carboxylic acids is 2. The van der Waals surface area contributed by atoms with Crippen molar-refractivity contribution in [2.75, 3.05) is 33.3 Å². The largest absolute Gasteiger partial charge is 0.497 e. The summed E-state index contributed by atoms with van der Waals surface area (Å²) in [6, 6.07) is 14.5. The summed E-state index contributed by atoms with van der Waals surface area (Å²) in [4.78, 5) is 25.3. The highest BCUT2D eigenvalue weighted by Crippen LogP contribution is 2.30. The normalized spacial score (nSPS) is 10.5. The highest BCUT2D eigenvalue weighted by atomic mass is 16.5. The molecule has 1 aromatic heterocycles. The van der Waals surface area contributed by atoms with Crippen LogP contribution in [-0.4, -0.2) is 44.4 Å². The molecule has 1 amide bonds. The van der Waals surface area contributed by atoms with Crippen LogP contribution in [0.4, 0.5) is 5.69 Å². The predicted molar refractivity (Wildman–Crippen MR) is 130 cm³/mol. The van der Waals surface area contributed by atoms with Gasteiger partial charge < -0.3 is 28.8 Å². The monoisotopic (exact) mass is 466 g/mol. The summed E-state index contributed by atoms with van der Waals surface area (Å²) in [5.74, 6) is 1.29. The van der Waals surface area contributed by atoms with Crippen molar-refractivity contribution < 1.29 is 28.5 Å². The zero-order valence-corrected chi connectivity index (χ0v) is 20.1. The molecule has 180 valence electrons. The number of rotatable bonds is 10. The third kappa shape index (κ3) is 5.51. The topological polar surface area (TPSA) is 88.0 Å². The molecule has 0 radical (unpaired) electrons. The van der Waals surface area contributed by atoms with Gasteiger partial charge in [0, 0.05) is 30.4 Å². The molecule has 0 atom stereocenters. The molecule has 0 saturated carbocycles. The van der Waals surface area contributed by atoms with Gasteiger partial charge in [-0.2, -0.15) is 0 Å². The minimum Gasteiger partial charge on any atom is -0.497 e. The van der Waals surface area contributed by atoms with Crippen LogP contribution in [0.15, 0.2) is 48.5 Å². The second-order valence-electron chi connectivity index (χ2n) is 7.49. The van der Waals surface area contributed by atoms with Crippen LogP contribution >= 0.6 is 0 Å². The predicted octanol–water partition coefficient (Wildman–Crippen LogP) is 4.69. The summed E-state index contributed by atoms with van der Waals surface area (Å²) in [7, 11) is 4.71. The SMILES string of the molecule is CCOC(=O)c1cc(-c2ccc(OC)cc2)n(CCC(=O)Nc2cc(OC)ccc2OC)c1C. The molecule has 2 aromatic carbocycles. The first kappa shape index (κ1) is 24.7. The molecular formula is C26H30N2O6. The first-order chi connectivity index (χ1) is 16.4. The van der Waals surface area contributed by atoms with Crippen LogP contribution in [0.1, 0.15) is 29.4 Å². The number of amides is 1. The Morgan fingerprint density at radius 3 is 2.21 bits per heavy atom. The summed E-state index contributed by atoms with van der Waals surface area (Å²) in [5, 5.41) is 2.88. The summed E-state index contributed by atoms with van der Waals surface area (Å²) >= 11 is 0. The molecule has 0 aliphatic rings. The number of esters is 1. The van der Waals surface area contributed by atoms with Crippen LogP contribution in [0.2, 0.25) is 0 Å². The second-order valence-corrected chi connectivity index (χ2v) is 7.49. The van der Waals surface area contributed by atoms with Crippen molar-refractivity contribution >= 4 is 17.6 Å². The van der Waals surface area contributed by atoms with Crippen molar-refractivity contribution in [2.24, 2.45) is 0 Å². The van der Waals surface area contributed by atoms with Crippen LogP contribution in [0.5, 0.6) is 17.2 Å².